The first-order valence-electron chi connectivity index (χ1n) is 9.96. The topological polar surface area (TPSA) is 69.6 Å². The molecule has 0 aliphatic carbocycles. The Morgan fingerprint density at radius 2 is 1.59 bits per heavy atom. The van der Waals surface area contributed by atoms with Crippen LogP contribution in [0.25, 0.3) is 0 Å². The number of halogens is 1. The fraction of sp³-hybridized carbons (Fsp3) is 0.429. The minimum absolute atomic E-state index is 0.189. The van der Waals surface area contributed by atoms with Crippen molar-refractivity contribution < 1.29 is 14.0 Å². The lowest BCUT2D eigenvalue weighted by Gasteiger charge is -2.38. The van der Waals surface area contributed by atoms with Crippen LogP contribution in [0.3, 0.4) is 0 Å². The molecule has 0 N–H and O–H groups in total. The second-order valence-corrected chi connectivity index (χ2v) is 7.52. The average molecular weight is 397 g/mol. The molecular weight excluding hydrogens is 373 g/mol. The lowest BCUT2D eigenvalue weighted by molar-refractivity contribution is 0.0646. The predicted molar refractivity (Wildman–Crippen MR) is 106 cm³/mol. The van der Waals surface area contributed by atoms with Gasteiger partial charge in [0.1, 0.15) is 0 Å². The van der Waals surface area contributed by atoms with E-state index in [0.717, 1.165) is 39.0 Å². The molecule has 1 saturated heterocycles. The lowest BCUT2D eigenvalue weighted by Crippen LogP contribution is -2.50. The Morgan fingerprint density at radius 3 is 2.17 bits per heavy atom. The molecule has 2 aromatic rings. The van der Waals surface area contributed by atoms with E-state index in [1.807, 2.05) is 0 Å². The van der Waals surface area contributed by atoms with E-state index in [-0.39, 0.29) is 11.8 Å². The van der Waals surface area contributed by atoms with Crippen LogP contribution >= 0.6 is 0 Å². The molecule has 0 spiro atoms. The largest absolute Gasteiger partial charge is 0.338 e. The van der Waals surface area contributed by atoms with Gasteiger partial charge in [0.2, 0.25) is 5.95 Å². The molecular formula is C21H24FN5O2. The summed E-state index contributed by atoms with van der Waals surface area (Å²) >= 11 is 0. The van der Waals surface area contributed by atoms with Gasteiger partial charge in [-0.05, 0) is 31.9 Å². The van der Waals surface area contributed by atoms with Gasteiger partial charge in [-0.1, -0.05) is 12.1 Å². The zero-order valence-electron chi connectivity index (χ0n) is 16.4. The number of carbonyl (C=O) groups excluding carboxylic acids is 2. The molecule has 1 atom stereocenters. The minimum Gasteiger partial charge on any atom is -0.338 e. The second kappa shape index (κ2) is 8.24. The van der Waals surface area contributed by atoms with Gasteiger partial charge in [-0.2, -0.15) is 0 Å². The number of nitrogens with zero attached hydrogens (tertiary/aromatic N) is 5. The number of rotatable bonds is 6. The number of hydrogen-bond donors (Lipinski definition) is 0. The number of aromatic nitrogens is 2. The Hall–Kier alpha value is -2.87. The van der Waals surface area contributed by atoms with E-state index < -0.39 is 5.82 Å². The van der Waals surface area contributed by atoms with Gasteiger partial charge in [0.15, 0.2) is 5.82 Å². The molecule has 1 aromatic heterocycles. The number of benzene rings is 1. The summed E-state index contributed by atoms with van der Waals surface area (Å²) in [5.74, 6) is -0.249. The zero-order valence-corrected chi connectivity index (χ0v) is 16.4. The SMILES string of the molecule is CC(CCCN1C(=O)c2ccccc2C1=O)N1CCN(c2ncc(F)cn2)CC1. The first-order chi connectivity index (χ1) is 14.0. The van der Waals surface area contributed by atoms with Crippen LogP contribution in [-0.2, 0) is 0 Å². The lowest BCUT2D eigenvalue weighted by atomic mass is 10.1. The van der Waals surface area contributed by atoms with Gasteiger partial charge in [-0.3, -0.25) is 19.4 Å². The summed E-state index contributed by atoms with van der Waals surface area (Å²) < 4.78 is 13.0. The number of fused-ring (bicyclic) bond motifs is 1. The highest BCUT2D eigenvalue weighted by atomic mass is 19.1. The number of anilines is 1. The van der Waals surface area contributed by atoms with Gasteiger partial charge in [-0.15, -0.1) is 0 Å². The Balaban J connectivity index is 1.24. The fourth-order valence-corrected chi connectivity index (χ4v) is 4.00. The first-order valence-corrected chi connectivity index (χ1v) is 9.96. The molecule has 2 aliphatic rings. The number of imide groups is 1. The van der Waals surface area contributed by atoms with Crippen molar-refractivity contribution in [2.45, 2.75) is 25.8 Å². The summed E-state index contributed by atoms with van der Waals surface area (Å²) in [7, 11) is 0. The van der Waals surface area contributed by atoms with E-state index in [4.69, 9.17) is 0 Å². The third-order valence-electron chi connectivity index (χ3n) is 5.71. The van der Waals surface area contributed by atoms with Gasteiger partial charge in [0.05, 0.1) is 23.5 Å². The normalized spacial score (nSPS) is 18.3. The van der Waals surface area contributed by atoms with Gasteiger partial charge < -0.3 is 4.90 Å². The molecule has 4 rings (SSSR count). The number of carbonyl (C=O) groups is 2. The van der Waals surface area contributed by atoms with Crippen molar-refractivity contribution in [3.63, 3.8) is 0 Å². The van der Waals surface area contributed by atoms with Gasteiger partial charge in [0, 0.05) is 38.8 Å². The highest BCUT2D eigenvalue weighted by Gasteiger charge is 2.34. The van der Waals surface area contributed by atoms with Crippen LogP contribution in [0.4, 0.5) is 10.3 Å². The first kappa shape index (κ1) is 19.4. The highest BCUT2D eigenvalue weighted by Crippen LogP contribution is 2.23. The van der Waals surface area contributed by atoms with Crippen LogP contribution in [0.5, 0.6) is 0 Å². The van der Waals surface area contributed by atoms with Gasteiger partial charge in [-0.25, -0.2) is 14.4 Å². The van der Waals surface area contributed by atoms with Crippen molar-refractivity contribution in [3.8, 4) is 0 Å². The molecule has 2 aliphatic heterocycles. The van der Waals surface area contributed by atoms with Gasteiger partial charge >= 0.3 is 0 Å². The highest BCUT2D eigenvalue weighted by molar-refractivity contribution is 6.21. The monoisotopic (exact) mass is 397 g/mol. The summed E-state index contributed by atoms with van der Waals surface area (Å²) in [5.41, 5.74) is 1.01. The maximum atomic E-state index is 13.0. The van der Waals surface area contributed by atoms with E-state index in [1.165, 1.54) is 17.3 Å². The molecule has 2 amide bonds. The average Bonchev–Trinajstić information content (AvgIpc) is 2.99. The number of amides is 2. The van der Waals surface area contributed by atoms with Crippen molar-refractivity contribution >= 4 is 17.8 Å². The van der Waals surface area contributed by atoms with Crippen molar-refractivity contribution in [3.05, 3.63) is 53.6 Å². The molecule has 0 saturated carbocycles. The van der Waals surface area contributed by atoms with E-state index in [1.54, 1.807) is 24.3 Å². The van der Waals surface area contributed by atoms with Crippen LogP contribution in [0, 0.1) is 5.82 Å². The van der Waals surface area contributed by atoms with Crippen molar-refractivity contribution in [1.29, 1.82) is 0 Å². The predicted octanol–water partition coefficient (Wildman–Crippen LogP) is 2.20. The third kappa shape index (κ3) is 3.98. The van der Waals surface area contributed by atoms with Crippen LogP contribution in [0.1, 0.15) is 40.5 Å². The number of hydrogen-bond acceptors (Lipinski definition) is 6. The fourth-order valence-electron chi connectivity index (χ4n) is 4.00. The summed E-state index contributed by atoms with van der Waals surface area (Å²) in [4.78, 5) is 38.8. The summed E-state index contributed by atoms with van der Waals surface area (Å²) in [6.45, 7) is 5.93. The van der Waals surface area contributed by atoms with Crippen molar-refractivity contribution in [1.82, 2.24) is 19.8 Å². The quantitative estimate of drug-likeness (QED) is 0.696. The van der Waals surface area contributed by atoms with E-state index in [0.29, 0.717) is 29.7 Å². The minimum atomic E-state index is -0.431. The Bertz CT molecular complexity index is 861. The maximum Gasteiger partial charge on any atom is 0.261 e. The van der Waals surface area contributed by atoms with Crippen molar-refractivity contribution in [2.24, 2.45) is 0 Å². The third-order valence-corrected chi connectivity index (χ3v) is 5.71. The summed E-state index contributed by atoms with van der Waals surface area (Å²) in [6, 6.07) is 7.34. The summed E-state index contributed by atoms with van der Waals surface area (Å²) in [6.07, 6.45) is 4.06. The van der Waals surface area contributed by atoms with E-state index in [9.17, 15) is 14.0 Å². The Kier molecular flexibility index (Phi) is 5.53. The molecule has 1 unspecified atom stereocenters. The molecule has 3 heterocycles. The zero-order chi connectivity index (χ0) is 20.4. The van der Waals surface area contributed by atoms with Crippen molar-refractivity contribution in [2.75, 3.05) is 37.6 Å². The molecule has 152 valence electrons. The van der Waals surface area contributed by atoms with Crippen LogP contribution in [0.2, 0.25) is 0 Å². The molecule has 8 heteroatoms. The molecule has 0 radical (unpaired) electrons. The van der Waals surface area contributed by atoms with Crippen LogP contribution in [0.15, 0.2) is 36.7 Å². The molecule has 7 nitrogen and oxygen atoms in total. The molecule has 0 bridgehead atoms. The standard InChI is InChI=1S/C21H24FN5O2/c1-15(25-9-11-26(12-10-25)21-23-13-16(22)14-24-21)5-4-8-27-19(28)17-6-2-3-7-18(17)20(27)29/h2-3,6-7,13-15H,4-5,8-12H2,1H3. The summed E-state index contributed by atoms with van der Waals surface area (Å²) in [5, 5.41) is 0. The molecule has 29 heavy (non-hydrogen) atoms. The smallest absolute Gasteiger partial charge is 0.261 e. The number of piperazine rings is 1. The van der Waals surface area contributed by atoms with E-state index >= 15 is 0 Å². The Morgan fingerprint density at radius 1 is 1.00 bits per heavy atom. The maximum absolute atomic E-state index is 13.0. The van der Waals surface area contributed by atoms with E-state index in [2.05, 4.69) is 26.7 Å². The van der Waals surface area contributed by atoms with Crippen LogP contribution in [-0.4, -0.2) is 70.3 Å². The molecule has 1 fully saturated rings. The molecule has 1 aromatic carbocycles. The Labute approximate surface area is 169 Å². The van der Waals surface area contributed by atoms with Gasteiger partial charge in [0.25, 0.3) is 11.8 Å². The van der Waals surface area contributed by atoms with Crippen LogP contribution < -0.4 is 4.90 Å². The second-order valence-electron chi connectivity index (χ2n) is 7.52.